The summed E-state index contributed by atoms with van der Waals surface area (Å²) in [6.45, 7) is 0. The predicted octanol–water partition coefficient (Wildman–Crippen LogP) is 2.05. The van der Waals surface area contributed by atoms with Crippen LogP contribution in [-0.2, 0) is 0 Å². The number of rotatable bonds is 2. The summed E-state index contributed by atoms with van der Waals surface area (Å²) in [6.07, 6.45) is 1.82. The summed E-state index contributed by atoms with van der Waals surface area (Å²) in [5, 5.41) is 7.13. The maximum atomic E-state index is 12.6. The van der Waals surface area contributed by atoms with Gasteiger partial charge in [-0.1, -0.05) is 0 Å². The molecule has 1 heterocycles. The lowest BCUT2D eigenvalue weighted by Gasteiger charge is -2.00. The lowest BCUT2D eigenvalue weighted by atomic mass is 10.3. The van der Waals surface area contributed by atoms with Crippen LogP contribution >= 0.6 is 0 Å². The van der Waals surface area contributed by atoms with Crippen molar-refractivity contribution in [2.24, 2.45) is 0 Å². The van der Waals surface area contributed by atoms with E-state index in [-0.39, 0.29) is 5.82 Å². The van der Waals surface area contributed by atoms with Gasteiger partial charge in [0.25, 0.3) is 0 Å². The largest absolute Gasteiger partial charge is 0.372 e. The second-order valence-electron chi connectivity index (χ2n) is 2.87. The number of aromatic nitrogens is 2. The van der Waals surface area contributed by atoms with Crippen LogP contribution in [0, 0.1) is 5.82 Å². The van der Waals surface area contributed by atoms with Crippen LogP contribution in [-0.4, -0.2) is 16.8 Å². The van der Waals surface area contributed by atoms with Gasteiger partial charge in [0.15, 0.2) is 0 Å². The molecule has 2 rings (SSSR count). The molecule has 72 valence electrons. The van der Waals surface area contributed by atoms with Gasteiger partial charge in [-0.05, 0) is 24.3 Å². The molecule has 3 nitrogen and oxygen atoms in total. The molecule has 0 amide bonds. The van der Waals surface area contributed by atoms with Gasteiger partial charge in [0, 0.05) is 19.3 Å². The molecular formula is C10H10FN3. The highest BCUT2D eigenvalue weighted by Gasteiger charge is 1.98. The molecule has 0 aliphatic rings. The van der Waals surface area contributed by atoms with Crippen molar-refractivity contribution in [3.05, 3.63) is 42.3 Å². The smallest absolute Gasteiger partial charge is 0.148 e. The van der Waals surface area contributed by atoms with Crippen molar-refractivity contribution >= 4 is 5.82 Å². The third kappa shape index (κ3) is 1.59. The van der Waals surface area contributed by atoms with Crippen LogP contribution in [0.15, 0.2) is 36.5 Å². The molecule has 1 aromatic heterocycles. The summed E-state index contributed by atoms with van der Waals surface area (Å²) in [5.41, 5.74) is 0.841. The number of nitrogens with one attached hydrogen (secondary N) is 1. The molecule has 0 aliphatic carbocycles. The van der Waals surface area contributed by atoms with Gasteiger partial charge in [0.1, 0.15) is 11.6 Å². The van der Waals surface area contributed by atoms with E-state index in [1.165, 1.54) is 12.1 Å². The molecular weight excluding hydrogens is 181 g/mol. The van der Waals surface area contributed by atoms with Crippen LogP contribution in [0.4, 0.5) is 10.2 Å². The Labute approximate surface area is 81.2 Å². The zero-order valence-electron chi connectivity index (χ0n) is 7.74. The molecule has 1 aromatic carbocycles. The highest BCUT2D eigenvalue weighted by Crippen LogP contribution is 2.10. The Balaban J connectivity index is 2.34. The first-order valence-electron chi connectivity index (χ1n) is 4.29. The molecule has 0 spiro atoms. The van der Waals surface area contributed by atoms with Gasteiger partial charge in [0.2, 0.25) is 0 Å². The minimum absolute atomic E-state index is 0.241. The number of halogens is 1. The minimum atomic E-state index is -0.241. The summed E-state index contributed by atoms with van der Waals surface area (Å²) >= 11 is 0. The van der Waals surface area contributed by atoms with E-state index >= 15 is 0 Å². The fraction of sp³-hybridized carbons (Fsp3) is 0.100. The summed E-state index contributed by atoms with van der Waals surface area (Å²) < 4.78 is 14.3. The third-order valence-electron chi connectivity index (χ3n) is 1.94. The monoisotopic (exact) mass is 191 g/mol. The van der Waals surface area contributed by atoms with Crippen LogP contribution in [0.2, 0.25) is 0 Å². The first-order valence-corrected chi connectivity index (χ1v) is 4.29. The van der Waals surface area contributed by atoms with Gasteiger partial charge in [-0.2, -0.15) is 5.10 Å². The predicted molar refractivity (Wildman–Crippen MR) is 53.1 cm³/mol. The van der Waals surface area contributed by atoms with Gasteiger partial charge in [-0.25, -0.2) is 9.07 Å². The average molecular weight is 191 g/mol. The molecule has 0 fully saturated rings. The van der Waals surface area contributed by atoms with Crippen LogP contribution in [0.25, 0.3) is 5.69 Å². The zero-order valence-corrected chi connectivity index (χ0v) is 7.74. The minimum Gasteiger partial charge on any atom is -0.372 e. The van der Waals surface area contributed by atoms with Crippen molar-refractivity contribution in [2.75, 3.05) is 12.4 Å². The summed E-state index contributed by atoms with van der Waals surface area (Å²) in [7, 11) is 1.80. The van der Waals surface area contributed by atoms with Crippen LogP contribution in [0.1, 0.15) is 0 Å². The molecule has 0 saturated carbocycles. The molecule has 0 bridgehead atoms. The Morgan fingerprint density at radius 2 is 1.93 bits per heavy atom. The van der Waals surface area contributed by atoms with Crippen molar-refractivity contribution in [3.8, 4) is 5.69 Å². The number of anilines is 1. The van der Waals surface area contributed by atoms with E-state index in [4.69, 9.17) is 0 Å². The standard InChI is InChI=1S/C10H10FN3/c1-12-10-6-7-14(13-10)9-4-2-8(11)3-5-9/h2-7H,1H3,(H,12,13). The van der Waals surface area contributed by atoms with E-state index in [1.54, 1.807) is 23.9 Å². The van der Waals surface area contributed by atoms with Gasteiger partial charge in [-0.15, -0.1) is 0 Å². The second-order valence-corrected chi connectivity index (χ2v) is 2.87. The lowest BCUT2D eigenvalue weighted by molar-refractivity contribution is 0.627. The Kier molecular flexibility index (Phi) is 2.18. The Bertz CT molecular complexity index is 419. The molecule has 0 aliphatic heterocycles. The van der Waals surface area contributed by atoms with Crippen molar-refractivity contribution in [1.29, 1.82) is 0 Å². The van der Waals surface area contributed by atoms with Crippen LogP contribution < -0.4 is 5.32 Å². The number of hydrogen-bond acceptors (Lipinski definition) is 2. The molecule has 1 N–H and O–H groups in total. The topological polar surface area (TPSA) is 29.9 Å². The summed E-state index contributed by atoms with van der Waals surface area (Å²) in [4.78, 5) is 0. The molecule has 0 radical (unpaired) electrons. The van der Waals surface area contributed by atoms with Crippen LogP contribution in [0.5, 0.6) is 0 Å². The van der Waals surface area contributed by atoms with E-state index in [9.17, 15) is 4.39 Å². The highest BCUT2D eigenvalue weighted by atomic mass is 19.1. The van der Waals surface area contributed by atoms with Gasteiger partial charge in [-0.3, -0.25) is 0 Å². The molecule has 0 saturated heterocycles. The quantitative estimate of drug-likeness (QED) is 0.787. The van der Waals surface area contributed by atoms with E-state index in [0.717, 1.165) is 11.5 Å². The average Bonchev–Trinajstić information content (AvgIpc) is 2.67. The van der Waals surface area contributed by atoms with Crippen LogP contribution in [0.3, 0.4) is 0 Å². The fourth-order valence-electron chi connectivity index (χ4n) is 1.19. The Hall–Kier alpha value is -1.84. The van der Waals surface area contributed by atoms with Gasteiger partial charge in [0.05, 0.1) is 5.69 Å². The highest BCUT2D eigenvalue weighted by molar-refractivity contribution is 5.37. The zero-order chi connectivity index (χ0) is 9.97. The lowest BCUT2D eigenvalue weighted by Crippen LogP contribution is -1.96. The maximum absolute atomic E-state index is 12.6. The van der Waals surface area contributed by atoms with E-state index in [0.29, 0.717) is 0 Å². The number of nitrogens with zero attached hydrogens (tertiary/aromatic N) is 2. The maximum Gasteiger partial charge on any atom is 0.148 e. The number of benzene rings is 1. The molecule has 4 heteroatoms. The summed E-state index contributed by atoms with van der Waals surface area (Å²) in [5.74, 6) is 0.545. The Morgan fingerprint density at radius 3 is 2.50 bits per heavy atom. The third-order valence-corrected chi connectivity index (χ3v) is 1.94. The van der Waals surface area contributed by atoms with E-state index < -0.39 is 0 Å². The van der Waals surface area contributed by atoms with Crippen molar-refractivity contribution in [1.82, 2.24) is 9.78 Å². The van der Waals surface area contributed by atoms with E-state index in [2.05, 4.69) is 10.4 Å². The normalized spacial score (nSPS) is 10.1. The second kappa shape index (κ2) is 3.49. The van der Waals surface area contributed by atoms with E-state index in [1.807, 2.05) is 12.3 Å². The molecule has 14 heavy (non-hydrogen) atoms. The Morgan fingerprint density at radius 1 is 1.21 bits per heavy atom. The van der Waals surface area contributed by atoms with Crippen molar-refractivity contribution < 1.29 is 4.39 Å². The fourth-order valence-corrected chi connectivity index (χ4v) is 1.19. The molecule has 0 atom stereocenters. The molecule has 0 unspecified atom stereocenters. The molecule has 2 aromatic rings. The SMILES string of the molecule is CNc1ccn(-c2ccc(F)cc2)n1. The number of hydrogen-bond donors (Lipinski definition) is 1. The van der Waals surface area contributed by atoms with Gasteiger partial charge >= 0.3 is 0 Å². The first kappa shape index (κ1) is 8.74. The first-order chi connectivity index (χ1) is 6.79. The van der Waals surface area contributed by atoms with Crippen molar-refractivity contribution in [2.45, 2.75) is 0 Å². The van der Waals surface area contributed by atoms with Crippen molar-refractivity contribution in [3.63, 3.8) is 0 Å². The van der Waals surface area contributed by atoms with Gasteiger partial charge < -0.3 is 5.32 Å². The summed E-state index contributed by atoms with van der Waals surface area (Å²) in [6, 6.07) is 8.04.